The van der Waals surface area contributed by atoms with Crippen LogP contribution in [0.1, 0.15) is 26.3 Å². The Kier molecular flexibility index (Phi) is 6.03. The van der Waals surface area contributed by atoms with E-state index >= 15 is 0 Å². The number of carbonyl (C=O) groups is 2. The minimum atomic E-state index is -0.857. The number of amides is 1. The summed E-state index contributed by atoms with van der Waals surface area (Å²) >= 11 is 6.06. The predicted octanol–water partition coefficient (Wildman–Crippen LogP) is 2.95. The van der Waals surface area contributed by atoms with Crippen molar-refractivity contribution in [2.45, 2.75) is 38.8 Å². The molecule has 1 rings (SSSR count). The Morgan fingerprint density at radius 1 is 1.29 bits per heavy atom. The Labute approximate surface area is 129 Å². The van der Waals surface area contributed by atoms with E-state index < -0.39 is 23.7 Å². The fraction of sp³-hybridized carbons (Fsp3) is 0.467. The first-order valence-corrected chi connectivity index (χ1v) is 6.91. The SMILES string of the molecule is COC(=O)C(Cc1ccccc1Cl)NC(=O)OC(C)(C)C. The first-order chi connectivity index (χ1) is 9.73. The smallest absolute Gasteiger partial charge is 0.408 e. The van der Waals surface area contributed by atoms with Gasteiger partial charge >= 0.3 is 12.1 Å². The van der Waals surface area contributed by atoms with Crippen molar-refractivity contribution < 1.29 is 19.1 Å². The van der Waals surface area contributed by atoms with Gasteiger partial charge in [-0.05, 0) is 32.4 Å². The first-order valence-electron chi connectivity index (χ1n) is 6.53. The van der Waals surface area contributed by atoms with Crippen LogP contribution in [0, 0.1) is 0 Å². The predicted molar refractivity (Wildman–Crippen MR) is 80.3 cm³/mol. The minimum Gasteiger partial charge on any atom is -0.467 e. The summed E-state index contributed by atoms with van der Waals surface area (Å²) in [4.78, 5) is 23.6. The van der Waals surface area contributed by atoms with E-state index in [1.807, 2.05) is 6.07 Å². The van der Waals surface area contributed by atoms with E-state index in [2.05, 4.69) is 5.32 Å². The molecule has 21 heavy (non-hydrogen) atoms. The number of carbonyl (C=O) groups excluding carboxylic acids is 2. The topological polar surface area (TPSA) is 64.6 Å². The summed E-state index contributed by atoms with van der Waals surface area (Å²) in [7, 11) is 1.26. The molecule has 0 aliphatic heterocycles. The van der Waals surface area contributed by atoms with Crippen molar-refractivity contribution in [3.8, 4) is 0 Å². The van der Waals surface area contributed by atoms with Crippen molar-refractivity contribution in [3.05, 3.63) is 34.9 Å². The highest BCUT2D eigenvalue weighted by Crippen LogP contribution is 2.17. The van der Waals surface area contributed by atoms with Gasteiger partial charge in [0.05, 0.1) is 7.11 Å². The first kappa shape index (κ1) is 17.3. The number of rotatable bonds is 4. The molecule has 1 unspecified atom stereocenters. The van der Waals surface area contributed by atoms with Crippen molar-refractivity contribution in [3.63, 3.8) is 0 Å². The van der Waals surface area contributed by atoms with Gasteiger partial charge in [0.15, 0.2) is 0 Å². The summed E-state index contributed by atoms with van der Waals surface area (Å²) in [6.45, 7) is 5.23. The quantitative estimate of drug-likeness (QED) is 0.868. The van der Waals surface area contributed by atoms with Crippen molar-refractivity contribution in [2.24, 2.45) is 0 Å². The second-order valence-electron chi connectivity index (χ2n) is 5.52. The highest BCUT2D eigenvalue weighted by atomic mass is 35.5. The molecule has 0 aliphatic rings. The average molecular weight is 314 g/mol. The zero-order valence-corrected chi connectivity index (χ0v) is 13.4. The maximum Gasteiger partial charge on any atom is 0.408 e. The number of methoxy groups -OCH3 is 1. The standard InChI is InChI=1S/C15H20ClNO4/c1-15(2,3)21-14(19)17-12(13(18)20-4)9-10-7-5-6-8-11(10)16/h5-8,12H,9H2,1-4H3,(H,17,19). The summed E-state index contributed by atoms with van der Waals surface area (Å²) in [5, 5.41) is 3.03. The Balaban J connectivity index is 2.80. The van der Waals surface area contributed by atoms with Gasteiger partial charge < -0.3 is 14.8 Å². The van der Waals surface area contributed by atoms with Gasteiger partial charge in [-0.25, -0.2) is 9.59 Å². The van der Waals surface area contributed by atoms with E-state index in [1.54, 1.807) is 39.0 Å². The van der Waals surface area contributed by atoms with Gasteiger partial charge in [0, 0.05) is 11.4 Å². The van der Waals surface area contributed by atoms with Crippen molar-refractivity contribution in [1.82, 2.24) is 5.32 Å². The number of benzene rings is 1. The highest BCUT2D eigenvalue weighted by molar-refractivity contribution is 6.31. The van der Waals surface area contributed by atoms with Gasteiger partial charge in [-0.3, -0.25) is 0 Å². The molecule has 1 aromatic rings. The lowest BCUT2D eigenvalue weighted by Crippen LogP contribution is -2.45. The fourth-order valence-corrected chi connectivity index (χ4v) is 1.88. The number of hydrogen-bond acceptors (Lipinski definition) is 4. The van der Waals surface area contributed by atoms with E-state index in [4.69, 9.17) is 21.1 Å². The summed E-state index contributed by atoms with van der Waals surface area (Å²) < 4.78 is 9.84. The number of nitrogens with one attached hydrogen (secondary N) is 1. The van der Waals surface area contributed by atoms with Crippen LogP contribution in [0.3, 0.4) is 0 Å². The van der Waals surface area contributed by atoms with Crippen LogP contribution < -0.4 is 5.32 Å². The zero-order valence-electron chi connectivity index (χ0n) is 12.6. The molecule has 0 radical (unpaired) electrons. The van der Waals surface area contributed by atoms with E-state index in [0.29, 0.717) is 5.02 Å². The normalized spacial score (nSPS) is 12.4. The zero-order chi connectivity index (χ0) is 16.0. The molecule has 0 fully saturated rings. The number of hydrogen-bond donors (Lipinski definition) is 1. The maximum atomic E-state index is 11.8. The lowest BCUT2D eigenvalue weighted by Gasteiger charge is -2.22. The van der Waals surface area contributed by atoms with Crippen LogP contribution in [0.25, 0.3) is 0 Å². The van der Waals surface area contributed by atoms with Gasteiger partial charge in [0.2, 0.25) is 0 Å². The molecule has 1 N–H and O–H groups in total. The van der Waals surface area contributed by atoms with Crippen LogP contribution in [0.5, 0.6) is 0 Å². The lowest BCUT2D eigenvalue weighted by atomic mass is 10.1. The third-order valence-corrected chi connectivity index (χ3v) is 2.93. The van der Waals surface area contributed by atoms with E-state index in [9.17, 15) is 9.59 Å². The van der Waals surface area contributed by atoms with Crippen molar-refractivity contribution in [2.75, 3.05) is 7.11 Å². The number of esters is 1. The fourth-order valence-electron chi connectivity index (χ4n) is 1.67. The van der Waals surface area contributed by atoms with Gasteiger partial charge in [-0.2, -0.15) is 0 Å². The van der Waals surface area contributed by atoms with E-state index in [0.717, 1.165) is 5.56 Å². The second-order valence-corrected chi connectivity index (χ2v) is 5.92. The number of alkyl carbamates (subject to hydrolysis) is 1. The largest absolute Gasteiger partial charge is 0.467 e. The summed E-state index contributed by atoms with van der Waals surface area (Å²) in [5.41, 5.74) is 0.0976. The Morgan fingerprint density at radius 2 is 1.90 bits per heavy atom. The van der Waals surface area contributed by atoms with E-state index in [-0.39, 0.29) is 6.42 Å². The maximum absolute atomic E-state index is 11.8. The van der Waals surface area contributed by atoms with Crippen LogP contribution in [-0.2, 0) is 20.7 Å². The van der Waals surface area contributed by atoms with E-state index in [1.165, 1.54) is 7.11 Å². The van der Waals surface area contributed by atoms with Gasteiger partial charge in [-0.15, -0.1) is 0 Å². The third kappa shape index (κ3) is 6.04. The summed E-state index contributed by atoms with van der Waals surface area (Å²) in [6.07, 6.45) is -0.448. The molecule has 1 amide bonds. The van der Waals surface area contributed by atoms with Gasteiger partial charge in [-0.1, -0.05) is 29.8 Å². The van der Waals surface area contributed by atoms with Crippen LogP contribution in [-0.4, -0.2) is 30.8 Å². The molecule has 0 aromatic heterocycles. The van der Waals surface area contributed by atoms with Crippen LogP contribution >= 0.6 is 11.6 Å². The molecule has 1 aromatic carbocycles. The molecule has 116 valence electrons. The van der Waals surface area contributed by atoms with Crippen molar-refractivity contribution in [1.29, 1.82) is 0 Å². The van der Waals surface area contributed by atoms with Crippen LogP contribution in [0.2, 0.25) is 5.02 Å². The Morgan fingerprint density at radius 3 is 2.43 bits per heavy atom. The molecule has 0 spiro atoms. The highest BCUT2D eigenvalue weighted by Gasteiger charge is 2.25. The molecule has 1 atom stereocenters. The van der Waals surface area contributed by atoms with Crippen LogP contribution in [0.4, 0.5) is 4.79 Å². The molecule has 0 saturated carbocycles. The summed E-state index contributed by atoms with van der Waals surface area (Å²) in [5.74, 6) is -0.555. The van der Waals surface area contributed by atoms with Crippen molar-refractivity contribution >= 4 is 23.7 Å². The van der Waals surface area contributed by atoms with Gasteiger partial charge in [0.25, 0.3) is 0 Å². The molecule has 0 saturated heterocycles. The average Bonchev–Trinajstić information content (AvgIpc) is 2.37. The molecule has 0 bridgehead atoms. The third-order valence-electron chi connectivity index (χ3n) is 2.56. The molecule has 0 aliphatic carbocycles. The number of halogens is 1. The van der Waals surface area contributed by atoms with Gasteiger partial charge in [0.1, 0.15) is 11.6 Å². The summed E-state index contributed by atoms with van der Waals surface area (Å²) in [6, 6.07) is 6.25. The minimum absolute atomic E-state index is 0.228. The number of ether oxygens (including phenoxy) is 2. The monoisotopic (exact) mass is 313 g/mol. The second kappa shape index (κ2) is 7.31. The molecular weight excluding hydrogens is 294 g/mol. The van der Waals surface area contributed by atoms with Crippen LogP contribution in [0.15, 0.2) is 24.3 Å². The molecule has 6 heteroatoms. The molecular formula is C15H20ClNO4. The Hall–Kier alpha value is -1.75. The lowest BCUT2D eigenvalue weighted by molar-refractivity contribution is -0.143. The molecule has 0 heterocycles. The Bertz CT molecular complexity index is 511. The molecule has 5 nitrogen and oxygen atoms in total.